The van der Waals surface area contributed by atoms with E-state index in [-0.39, 0.29) is 13.2 Å². The zero-order chi connectivity index (χ0) is 13.7. The lowest BCUT2D eigenvalue weighted by atomic mass is 10.2. The van der Waals surface area contributed by atoms with Gasteiger partial charge in [0.25, 0.3) is 0 Å². The number of nitrogens with zero attached hydrogens (tertiary/aromatic N) is 1. The molecule has 0 spiro atoms. The molecule has 0 bridgehead atoms. The van der Waals surface area contributed by atoms with Gasteiger partial charge in [-0.2, -0.15) is 0 Å². The Labute approximate surface area is 116 Å². The van der Waals surface area contributed by atoms with Crippen LogP contribution in [0.25, 0.3) is 0 Å². The van der Waals surface area contributed by atoms with Crippen LogP contribution in [0, 0.1) is 0 Å². The van der Waals surface area contributed by atoms with E-state index in [1.54, 1.807) is 30.5 Å². The Morgan fingerprint density at radius 3 is 2.68 bits per heavy atom. The minimum atomic E-state index is -0.396. The van der Waals surface area contributed by atoms with E-state index in [0.717, 1.165) is 5.56 Å². The fourth-order valence-corrected chi connectivity index (χ4v) is 1.66. The van der Waals surface area contributed by atoms with E-state index in [0.29, 0.717) is 16.3 Å². The van der Waals surface area contributed by atoms with Gasteiger partial charge in [0.1, 0.15) is 6.61 Å². The molecule has 2 rings (SSSR count). The van der Waals surface area contributed by atoms with Crippen LogP contribution in [0.1, 0.15) is 21.6 Å². The number of ether oxygens (including phenoxy) is 1. The second kappa shape index (κ2) is 6.31. The van der Waals surface area contributed by atoms with Crippen molar-refractivity contribution in [2.75, 3.05) is 0 Å². The van der Waals surface area contributed by atoms with Gasteiger partial charge in [0.2, 0.25) is 0 Å². The number of esters is 1. The molecule has 0 aliphatic rings. The Kier molecular flexibility index (Phi) is 4.49. The van der Waals surface area contributed by atoms with E-state index < -0.39 is 5.97 Å². The van der Waals surface area contributed by atoms with Crippen molar-refractivity contribution < 1.29 is 9.53 Å². The van der Waals surface area contributed by atoms with Gasteiger partial charge in [-0.25, -0.2) is 4.79 Å². The molecule has 0 saturated carbocycles. The molecule has 1 heterocycles. The van der Waals surface area contributed by atoms with Crippen molar-refractivity contribution in [1.82, 2.24) is 4.98 Å². The molecule has 1 aromatic heterocycles. The summed E-state index contributed by atoms with van der Waals surface area (Å²) in [4.78, 5) is 15.9. The molecular formula is C14H13ClN2O2. The molecule has 19 heavy (non-hydrogen) atoms. The number of halogens is 1. The van der Waals surface area contributed by atoms with Crippen LogP contribution in [0.5, 0.6) is 0 Å². The molecule has 5 heteroatoms. The molecular weight excluding hydrogens is 264 g/mol. The third-order valence-electron chi connectivity index (χ3n) is 2.54. The third-order valence-corrected chi connectivity index (χ3v) is 2.80. The number of pyridine rings is 1. The van der Waals surface area contributed by atoms with Crippen molar-refractivity contribution in [1.29, 1.82) is 0 Å². The second-order valence-electron chi connectivity index (χ2n) is 3.94. The lowest BCUT2D eigenvalue weighted by Gasteiger charge is -2.06. The van der Waals surface area contributed by atoms with Crippen LogP contribution in [0.3, 0.4) is 0 Å². The van der Waals surface area contributed by atoms with Crippen molar-refractivity contribution in [3.8, 4) is 0 Å². The highest BCUT2D eigenvalue weighted by atomic mass is 35.5. The van der Waals surface area contributed by atoms with E-state index in [4.69, 9.17) is 22.1 Å². The summed E-state index contributed by atoms with van der Waals surface area (Å²) in [5.74, 6) is -0.396. The molecule has 0 amide bonds. The van der Waals surface area contributed by atoms with Crippen molar-refractivity contribution in [2.24, 2.45) is 5.73 Å². The quantitative estimate of drug-likeness (QED) is 0.872. The molecule has 0 aliphatic heterocycles. The summed E-state index contributed by atoms with van der Waals surface area (Å²) in [5, 5.41) is 0.650. The maximum Gasteiger partial charge on any atom is 0.338 e. The maximum atomic E-state index is 11.8. The largest absolute Gasteiger partial charge is 0.457 e. The first-order valence-corrected chi connectivity index (χ1v) is 6.13. The highest BCUT2D eigenvalue weighted by molar-refractivity contribution is 6.30. The zero-order valence-corrected chi connectivity index (χ0v) is 10.9. The number of hydrogen-bond acceptors (Lipinski definition) is 4. The summed E-state index contributed by atoms with van der Waals surface area (Å²) in [5.41, 5.74) is 7.45. The zero-order valence-electron chi connectivity index (χ0n) is 10.2. The maximum absolute atomic E-state index is 11.8. The van der Waals surface area contributed by atoms with Gasteiger partial charge in [0.05, 0.1) is 11.3 Å². The SMILES string of the molecule is NCc1cc(C(=O)OCc2ccc(Cl)cc2)ccn1. The molecule has 0 fully saturated rings. The Morgan fingerprint density at radius 1 is 1.26 bits per heavy atom. The predicted molar refractivity (Wildman–Crippen MR) is 72.7 cm³/mol. The van der Waals surface area contributed by atoms with Crippen LogP contribution in [-0.2, 0) is 17.9 Å². The smallest absolute Gasteiger partial charge is 0.338 e. The van der Waals surface area contributed by atoms with Gasteiger partial charge < -0.3 is 10.5 Å². The molecule has 0 atom stereocenters. The third kappa shape index (κ3) is 3.77. The van der Waals surface area contributed by atoms with E-state index in [1.807, 2.05) is 12.1 Å². The van der Waals surface area contributed by atoms with Crippen LogP contribution in [0.4, 0.5) is 0 Å². The number of nitrogens with two attached hydrogens (primary N) is 1. The Bertz CT molecular complexity index is 570. The first kappa shape index (κ1) is 13.5. The van der Waals surface area contributed by atoms with Gasteiger partial charge in [-0.15, -0.1) is 0 Å². The molecule has 0 unspecified atom stereocenters. The molecule has 0 aliphatic carbocycles. The van der Waals surface area contributed by atoms with Gasteiger partial charge in [-0.3, -0.25) is 4.98 Å². The monoisotopic (exact) mass is 276 g/mol. The van der Waals surface area contributed by atoms with Crippen molar-refractivity contribution in [3.63, 3.8) is 0 Å². The van der Waals surface area contributed by atoms with Crippen molar-refractivity contribution >= 4 is 17.6 Å². The summed E-state index contributed by atoms with van der Waals surface area (Å²) in [7, 11) is 0. The summed E-state index contributed by atoms with van der Waals surface area (Å²) in [6, 6.07) is 10.4. The Balaban J connectivity index is 1.99. The lowest BCUT2D eigenvalue weighted by Crippen LogP contribution is -2.07. The molecule has 4 nitrogen and oxygen atoms in total. The molecule has 98 valence electrons. The van der Waals surface area contributed by atoms with Crippen LogP contribution in [-0.4, -0.2) is 11.0 Å². The number of carbonyl (C=O) groups is 1. The van der Waals surface area contributed by atoms with Crippen LogP contribution < -0.4 is 5.73 Å². The first-order valence-electron chi connectivity index (χ1n) is 5.75. The Morgan fingerprint density at radius 2 is 2.00 bits per heavy atom. The van der Waals surface area contributed by atoms with Gasteiger partial charge in [0.15, 0.2) is 0 Å². The van der Waals surface area contributed by atoms with Crippen molar-refractivity contribution in [3.05, 3.63) is 64.4 Å². The van der Waals surface area contributed by atoms with Crippen LogP contribution >= 0.6 is 11.6 Å². The molecule has 1 aromatic carbocycles. The molecule has 0 saturated heterocycles. The number of hydrogen-bond donors (Lipinski definition) is 1. The minimum Gasteiger partial charge on any atom is -0.457 e. The molecule has 0 radical (unpaired) electrons. The number of rotatable bonds is 4. The van der Waals surface area contributed by atoms with E-state index in [1.165, 1.54) is 0 Å². The van der Waals surface area contributed by atoms with E-state index >= 15 is 0 Å². The minimum absolute atomic E-state index is 0.205. The number of benzene rings is 1. The summed E-state index contributed by atoms with van der Waals surface area (Å²) >= 11 is 5.78. The topological polar surface area (TPSA) is 65.2 Å². The standard InChI is InChI=1S/C14H13ClN2O2/c15-12-3-1-10(2-4-12)9-19-14(18)11-5-6-17-13(7-11)8-16/h1-7H,8-9,16H2. The first-order chi connectivity index (χ1) is 9.19. The number of aromatic nitrogens is 1. The van der Waals surface area contributed by atoms with Gasteiger partial charge in [-0.05, 0) is 29.8 Å². The average Bonchev–Trinajstić information content (AvgIpc) is 2.46. The van der Waals surface area contributed by atoms with Crippen molar-refractivity contribution in [2.45, 2.75) is 13.2 Å². The second-order valence-corrected chi connectivity index (χ2v) is 4.38. The lowest BCUT2D eigenvalue weighted by molar-refractivity contribution is 0.0472. The van der Waals surface area contributed by atoms with Gasteiger partial charge in [0, 0.05) is 17.8 Å². The Hall–Kier alpha value is -1.91. The van der Waals surface area contributed by atoms with Crippen LogP contribution in [0.15, 0.2) is 42.6 Å². The predicted octanol–water partition coefficient (Wildman–Crippen LogP) is 2.55. The van der Waals surface area contributed by atoms with Crippen LogP contribution in [0.2, 0.25) is 5.02 Å². The fraction of sp³-hybridized carbons (Fsp3) is 0.143. The fourth-order valence-electron chi connectivity index (χ4n) is 1.53. The van der Waals surface area contributed by atoms with Gasteiger partial charge in [-0.1, -0.05) is 23.7 Å². The summed E-state index contributed by atoms with van der Waals surface area (Å²) in [6.07, 6.45) is 1.54. The molecule has 2 N–H and O–H groups in total. The normalized spacial score (nSPS) is 10.2. The number of carbonyl (C=O) groups excluding carboxylic acids is 1. The highest BCUT2D eigenvalue weighted by Gasteiger charge is 2.08. The highest BCUT2D eigenvalue weighted by Crippen LogP contribution is 2.11. The van der Waals surface area contributed by atoms with E-state index in [9.17, 15) is 4.79 Å². The van der Waals surface area contributed by atoms with Gasteiger partial charge >= 0.3 is 5.97 Å². The summed E-state index contributed by atoms with van der Waals surface area (Å²) < 4.78 is 5.20. The average molecular weight is 277 g/mol. The summed E-state index contributed by atoms with van der Waals surface area (Å²) in [6.45, 7) is 0.495. The van der Waals surface area contributed by atoms with E-state index in [2.05, 4.69) is 4.98 Å². The molecule has 2 aromatic rings.